The van der Waals surface area contributed by atoms with E-state index in [0.29, 0.717) is 6.42 Å². The molecule has 88 valence electrons. The molecule has 0 heterocycles. The van der Waals surface area contributed by atoms with Gasteiger partial charge in [-0.1, -0.05) is 12.1 Å². The zero-order chi connectivity index (χ0) is 12.0. The highest BCUT2D eigenvalue weighted by Crippen LogP contribution is 2.13. The summed E-state index contributed by atoms with van der Waals surface area (Å²) in [5.41, 5.74) is 1.10. The average molecular weight is 223 g/mol. The lowest BCUT2D eigenvalue weighted by atomic mass is 10.0. The number of likely N-dealkylation sites (N-methyl/N-ethyl adjacent to an activating group) is 1. The highest BCUT2D eigenvalue weighted by atomic mass is 16.5. The molecule has 0 aliphatic carbocycles. The Morgan fingerprint density at radius 3 is 2.50 bits per heavy atom. The fourth-order valence-corrected chi connectivity index (χ4v) is 1.53. The molecule has 0 saturated carbocycles. The van der Waals surface area contributed by atoms with E-state index < -0.39 is 5.97 Å². The molecule has 0 fully saturated rings. The van der Waals surface area contributed by atoms with Crippen LogP contribution in [-0.4, -0.2) is 31.3 Å². The van der Waals surface area contributed by atoms with E-state index in [0.717, 1.165) is 11.3 Å². The monoisotopic (exact) mass is 223 g/mol. The van der Waals surface area contributed by atoms with Gasteiger partial charge in [-0.25, -0.2) is 0 Å². The summed E-state index contributed by atoms with van der Waals surface area (Å²) in [6.07, 6.45) is 0.829. The molecule has 0 bridgehead atoms. The summed E-state index contributed by atoms with van der Waals surface area (Å²) in [6, 6.07) is 7.62. The third-order valence-corrected chi connectivity index (χ3v) is 2.47. The van der Waals surface area contributed by atoms with Crippen LogP contribution in [0.5, 0.6) is 5.75 Å². The van der Waals surface area contributed by atoms with Crippen molar-refractivity contribution in [2.45, 2.75) is 18.9 Å². The van der Waals surface area contributed by atoms with Crippen molar-refractivity contribution in [1.29, 1.82) is 0 Å². The van der Waals surface area contributed by atoms with Crippen LogP contribution in [-0.2, 0) is 11.2 Å². The number of benzene rings is 1. The van der Waals surface area contributed by atoms with Gasteiger partial charge in [0.05, 0.1) is 13.5 Å². The van der Waals surface area contributed by atoms with Gasteiger partial charge in [0, 0.05) is 6.04 Å². The number of carboxylic acid groups (broad SMARTS) is 1. The fourth-order valence-electron chi connectivity index (χ4n) is 1.53. The van der Waals surface area contributed by atoms with Gasteiger partial charge in [0.25, 0.3) is 0 Å². The summed E-state index contributed by atoms with van der Waals surface area (Å²) < 4.78 is 5.06. The first-order valence-electron chi connectivity index (χ1n) is 5.17. The molecule has 0 aliphatic heterocycles. The quantitative estimate of drug-likeness (QED) is 0.763. The topological polar surface area (TPSA) is 58.6 Å². The predicted octanol–water partition coefficient (Wildman–Crippen LogP) is 1.30. The highest BCUT2D eigenvalue weighted by Gasteiger charge is 2.11. The van der Waals surface area contributed by atoms with Gasteiger partial charge in [-0.3, -0.25) is 4.79 Å². The van der Waals surface area contributed by atoms with Gasteiger partial charge in [-0.05, 0) is 31.2 Å². The van der Waals surface area contributed by atoms with Crippen molar-refractivity contribution in [3.8, 4) is 5.75 Å². The lowest BCUT2D eigenvalue weighted by molar-refractivity contribution is -0.137. The van der Waals surface area contributed by atoms with E-state index in [1.807, 2.05) is 24.3 Å². The van der Waals surface area contributed by atoms with Gasteiger partial charge in [-0.15, -0.1) is 0 Å². The van der Waals surface area contributed by atoms with E-state index in [-0.39, 0.29) is 12.5 Å². The molecule has 0 radical (unpaired) electrons. The summed E-state index contributed by atoms with van der Waals surface area (Å²) in [7, 11) is 3.40. The number of hydrogen-bond donors (Lipinski definition) is 2. The first-order valence-corrected chi connectivity index (χ1v) is 5.17. The fraction of sp³-hybridized carbons (Fsp3) is 0.417. The Balaban J connectivity index is 2.59. The number of ether oxygens (including phenoxy) is 1. The molecule has 2 N–H and O–H groups in total. The largest absolute Gasteiger partial charge is 0.497 e. The van der Waals surface area contributed by atoms with Crippen molar-refractivity contribution in [2.75, 3.05) is 14.2 Å². The summed E-state index contributed by atoms with van der Waals surface area (Å²) in [5, 5.41) is 11.7. The van der Waals surface area contributed by atoms with Crippen LogP contribution in [0.2, 0.25) is 0 Å². The normalized spacial score (nSPS) is 12.1. The molecule has 0 saturated heterocycles. The van der Waals surface area contributed by atoms with Crippen LogP contribution >= 0.6 is 0 Å². The zero-order valence-electron chi connectivity index (χ0n) is 9.56. The second-order valence-electron chi connectivity index (χ2n) is 3.64. The number of nitrogens with one attached hydrogen (secondary N) is 1. The minimum absolute atomic E-state index is 0.0362. The van der Waals surface area contributed by atoms with Crippen LogP contribution in [0.3, 0.4) is 0 Å². The van der Waals surface area contributed by atoms with E-state index in [1.165, 1.54) is 0 Å². The van der Waals surface area contributed by atoms with E-state index in [1.54, 1.807) is 14.2 Å². The van der Waals surface area contributed by atoms with Crippen LogP contribution in [0.1, 0.15) is 12.0 Å². The summed E-state index contributed by atoms with van der Waals surface area (Å²) >= 11 is 0. The van der Waals surface area contributed by atoms with E-state index in [9.17, 15) is 4.79 Å². The first kappa shape index (κ1) is 12.5. The van der Waals surface area contributed by atoms with Gasteiger partial charge in [0.2, 0.25) is 0 Å². The minimum atomic E-state index is -0.784. The third kappa shape index (κ3) is 3.90. The molecular formula is C12H17NO3. The molecule has 16 heavy (non-hydrogen) atoms. The molecule has 0 aliphatic rings. The smallest absolute Gasteiger partial charge is 0.304 e. The second kappa shape index (κ2) is 6.12. The maximum atomic E-state index is 10.6. The molecule has 1 atom stereocenters. The van der Waals surface area contributed by atoms with Gasteiger partial charge in [0.15, 0.2) is 0 Å². The van der Waals surface area contributed by atoms with Crippen LogP contribution in [0.4, 0.5) is 0 Å². The summed E-state index contributed by atoms with van der Waals surface area (Å²) in [4.78, 5) is 10.6. The van der Waals surface area contributed by atoms with Gasteiger partial charge in [0.1, 0.15) is 5.75 Å². The SMILES string of the molecule is CN[C@H](CC(=O)O)Cc1ccc(OC)cc1. The summed E-state index contributed by atoms with van der Waals surface area (Å²) in [6.45, 7) is 0. The van der Waals surface area contributed by atoms with Gasteiger partial charge in [-0.2, -0.15) is 0 Å². The Morgan fingerprint density at radius 2 is 2.06 bits per heavy atom. The Bertz CT molecular complexity index is 335. The van der Waals surface area contributed by atoms with E-state index in [2.05, 4.69) is 5.32 Å². The molecule has 4 heteroatoms. The van der Waals surface area contributed by atoms with Crippen LogP contribution < -0.4 is 10.1 Å². The summed E-state index contributed by atoms with van der Waals surface area (Å²) in [5.74, 6) is 0.0239. The zero-order valence-corrected chi connectivity index (χ0v) is 9.56. The van der Waals surface area contributed by atoms with Crippen LogP contribution in [0.15, 0.2) is 24.3 Å². The first-order chi connectivity index (χ1) is 7.65. The standard InChI is InChI=1S/C12H17NO3/c1-13-10(8-12(14)15)7-9-3-5-11(16-2)6-4-9/h3-6,10,13H,7-8H2,1-2H3,(H,14,15)/t10-/m0/s1. The molecule has 0 unspecified atom stereocenters. The Hall–Kier alpha value is -1.55. The maximum absolute atomic E-state index is 10.6. The lowest BCUT2D eigenvalue weighted by Gasteiger charge is -2.13. The second-order valence-corrected chi connectivity index (χ2v) is 3.64. The predicted molar refractivity (Wildman–Crippen MR) is 61.8 cm³/mol. The molecule has 0 spiro atoms. The van der Waals surface area contributed by atoms with E-state index >= 15 is 0 Å². The average Bonchev–Trinajstić information content (AvgIpc) is 2.28. The van der Waals surface area contributed by atoms with E-state index in [4.69, 9.17) is 9.84 Å². The number of carboxylic acids is 1. The molecule has 4 nitrogen and oxygen atoms in total. The highest BCUT2D eigenvalue weighted by molar-refractivity contribution is 5.67. The van der Waals surface area contributed by atoms with Crippen LogP contribution in [0, 0.1) is 0 Å². The molecular weight excluding hydrogens is 206 g/mol. The number of aliphatic carboxylic acids is 1. The van der Waals surface area contributed by atoms with Crippen LogP contribution in [0.25, 0.3) is 0 Å². The van der Waals surface area contributed by atoms with Crippen molar-refractivity contribution in [3.05, 3.63) is 29.8 Å². The van der Waals surface area contributed by atoms with Crippen molar-refractivity contribution >= 4 is 5.97 Å². The van der Waals surface area contributed by atoms with Crippen molar-refractivity contribution < 1.29 is 14.6 Å². The number of rotatable bonds is 6. The molecule has 1 aromatic carbocycles. The van der Waals surface area contributed by atoms with Gasteiger partial charge < -0.3 is 15.2 Å². The molecule has 1 rings (SSSR count). The lowest BCUT2D eigenvalue weighted by Crippen LogP contribution is -2.30. The van der Waals surface area contributed by atoms with Crippen molar-refractivity contribution in [2.24, 2.45) is 0 Å². The number of hydrogen-bond acceptors (Lipinski definition) is 3. The van der Waals surface area contributed by atoms with Crippen molar-refractivity contribution in [1.82, 2.24) is 5.32 Å². The number of carbonyl (C=O) groups is 1. The van der Waals surface area contributed by atoms with Crippen molar-refractivity contribution in [3.63, 3.8) is 0 Å². The Morgan fingerprint density at radius 1 is 1.44 bits per heavy atom. The minimum Gasteiger partial charge on any atom is -0.497 e. The molecule has 1 aromatic rings. The number of methoxy groups -OCH3 is 1. The molecule has 0 amide bonds. The third-order valence-electron chi connectivity index (χ3n) is 2.47. The molecule has 0 aromatic heterocycles. The maximum Gasteiger partial charge on any atom is 0.304 e. The Kier molecular flexibility index (Phi) is 4.79. The van der Waals surface area contributed by atoms with Gasteiger partial charge >= 0.3 is 5.97 Å². The Labute approximate surface area is 95.2 Å².